The van der Waals surface area contributed by atoms with E-state index in [4.69, 9.17) is 4.74 Å². The van der Waals surface area contributed by atoms with E-state index in [-0.39, 0.29) is 13.2 Å². The molecule has 0 heterocycles. The minimum Gasteiger partial charge on any atom is -0.488 e. The summed E-state index contributed by atoms with van der Waals surface area (Å²) in [6.45, 7) is -0.210. The van der Waals surface area contributed by atoms with Crippen molar-refractivity contribution in [3.63, 3.8) is 0 Å². The third kappa shape index (κ3) is 4.22. The molecule has 0 radical (unpaired) electrons. The van der Waals surface area contributed by atoms with E-state index in [1.54, 1.807) is 24.3 Å². The average molecular weight is 361 g/mol. The molecule has 0 aliphatic carbocycles. The van der Waals surface area contributed by atoms with E-state index in [0.29, 0.717) is 16.9 Å². The third-order valence-electron chi connectivity index (χ3n) is 2.85. The van der Waals surface area contributed by atoms with Crippen LogP contribution >= 0.6 is 15.9 Å². The Labute approximate surface area is 128 Å². The summed E-state index contributed by atoms with van der Waals surface area (Å²) in [5.74, 6) is 0.435. The summed E-state index contributed by atoms with van der Waals surface area (Å²) in [7, 11) is 0. The molecule has 112 valence electrons. The highest BCUT2D eigenvalue weighted by atomic mass is 79.9. The minimum absolute atomic E-state index is 0.00657. The van der Waals surface area contributed by atoms with Crippen molar-refractivity contribution in [3.8, 4) is 5.75 Å². The van der Waals surface area contributed by atoms with Crippen molar-refractivity contribution < 1.29 is 23.0 Å². The van der Waals surface area contributed by atoms with Crippen LogP contribution in [-0.2, 0) is 19.4 Å². The molecule has 0 bridgehead atoms. The molecule has 2 rings (SSSR count). The lowest BCUT2D eigenvalue weighted by Gasteiger charge is -2.12. The van der Waals surface area contributed by atoms with Gasteiger partial charge in [-0.05, 0) is 29.8 Å². The summed E-state index contributed by atoms with van der Waals surface area (Å²) >= 11 is 3.28. The number of alkyl halides is 3. The van der Waals surface area contributed by atoms with Crippen molar-refractivity contribution in [1.29, 1.82) is 0 Å². The van der Waals surface area contributed by atoms with Crippen LogP contribution < -0.4 is 4.74 Å². The van der Waals surface area contributed by atoms with E-state index < -0.39 is 11.7 Å². The van der Waals surface area contributed by atoms with Crippen molar-refractivity contribution in [1.82, 2.24) is 0 Å². The molecule has 0 saturated carbocycles. The molecular weight excluding hydrogens is 349 g/mol. The second-order valence-corrected chi connectivity index (χ2v) is 5.31. The summed E-state index contributed by atoms with van der Waals surface area (Å²) in [5, 5.41) is 9.21. The van der Waals surface area contributed by atoms with E-state index in [0.717, 1.165) is 16.6 Å². The molecule has 0 aliphatic heterocycles. The Bertz CT molecular complexity index is 627. The fourth-order valence-corrected chi connectivity index (χ4v) is 2.13. The quantitative estimate of drug-likeness (QED) is 0.867. The molecule has 0 spiro atoms. The number of halogens is 4. The average Bonchev–Trinajstić information content (AvgIpc) is 2.45. The standard InChI is InChI=1S/C15H12BrF3O2/c16-13-5-4-11(8-20)14(7-13)21-9-10-2-1-3-12(6-10)15(17,18)19/h1-7,20H,8-9H2. The second kappa shape index (κ2) is 6.49. The van der Waals surface area contributed by atoms with Gasteiger partial charge in [0.05, 0.1) is 12.2 Å². The number of aliphatic hydroxyl groups excluding tert-OH is 1. The summed E-state index contributed by atoms with van der Waals surface area (Å²) in [6, 6.07) is 10.1. The smallest absolute Gasteiger partial charge is 0.416 e. The topological polar surface area (TPSA) is 29.5 Å². The number of hydrogen-bond donors (Lipinski definition) is 1. The Hall–Kier alpha value is -1.53. The van der Waals surface area contributed by atoms with Gasteiger partial charge in [0, 0.05) is 10.0 Å². The van der Waals surface area contributed by atoms with Gasteiger partial charge in [-0.3, -0.25) is 0 Å². The number of aliphatic hydroxyl groups is 1. The van der Waals surface area contributed by atoms with Crippen molar-refractivity contribution >= 4 is 15.9 Å². The SMILES string of the molecule is OCc1ccc(Br)cc1OCc1cccc(C(F)(F)F)c1. The fourth-order valence-electron chi connectivity index (χ4n) is 1.79. The van der Waals surface area contributed by atoms with E-state index in [9.17, 15) is 18.3 Å². The Morgan fingerprint density at radius 3 is 2.52 bits per heavy atom. The first-order valence-corrected chi connectivity index (χ1v) is 6.87. The molecule has 0 amide bonds. The first-order chi connectivity index (χ1) is 9.90. The molecule has 0 atom stereocenters. The molecule has 0 unspecified atom stereocenters. The van der Waals surface area contributed by atoms with Gasteiger partial charge in [0.15, 0.2) is 0 Å². The first kappa shape index (κ1) is 15.9. The summed E-state index contributed by atoms with van der Waals surface area (Å²) in [5.41, 5.74) is 0.277. The van der Waals surface area contributed by atoms with E-state index in [1.807, 2.05) is 0 Å². The van der Waals surface area contributed by atoms with Crippen LogP contribution in [0.1, 0.15) is 16.7 Å². The monoisotopic (exact) mass is 360 g/mol. The van der Waals surface area contributed by atoms with Crippen molar-refractivity contribution in [3.05, 3.63) is 63.6 Å². The lowest BCUT2D eigenvalue weighted by atomic mass is 10.1. The number of benzene rings is 2. The molecule has 2 aromatic rings. The van der Waals surface area contributed by atoms with E-state index in [1.165, 1.54) is 6.07 Å². The van der Waals surface area contributed by atoms with Gasteiger partial charge in [-0.15, -0.1) is 0 Å². The Morgan fingerprint density at radius 2 is 1.86 bits per heavy atom. The highest BCUT2D eigenvalue weighted by molar-refractivity contribution is 9.10. The normalized spacial score (nSPS) is 11.5. The van der Waals surface area contributed by atoms with Crippen LogP contribution in [0.5, 0.6) is 5.75 Å². The van der Waals surface area contributed by atoms with Crippen molar-refractivity contribution in [2.45, 2.75) is 19.4 Å². The van der Waals surface area contributed by atoms with Crippen LogP contribution in [0, 0.1) is 0 Å². The maximum Gasteiger partial charge on any atom is 0.416 e. The Morgan fingerprint density at radius 1 is 1.10 bits per heavy atom. The van der Waals surface area contributed by atoms with Crippen LogP contribution in [0.2, 0.25) is 0 Å². The number of rotatable bonds is 4. The maximum atomic E-state index is 12.6. The predicted molar refractivity (Wildman–Crippen MR) is 75.8 cm³/mol. The second-order valence-electron chi connectivity index (χ2n) is 4.40. The molecule has 0 fully saturated rings. The highest BCUT2D eigenvalue weighted by Gasteiger charge is 2.30. The Balaban J connectivity index is 2.15. The van der Waals surface area contributed by atoms with Crippen LogP contribution in [0.3, 0.4) is 0 Å². The summed E-state index contributed by atoms with van der Waals surface area (Å²) < 4.78 is 44.1. The molecule has 0 saturated heterocycles. The van der Waals surface area contributed by atoms with Crippen LogP contribution in [0.15, 0.2) is 46.9 Å². The molecular formula is C15H12BrF3O2. The third-order valence-corrected chi connectivity index (χ3v) is 3.34. The van der Waals surface area contributed by atoms with E-state index >= 15 is 0 Å². The minimum atomic E-state index is -4.37. The molecule has 0 aromatic heterocycles. The van der Waals surface area contributed by atoms with Crippen molar-refractivity contribution in [2.75, 3.05) is 0 Å². The highest BCUT2D eigenvalue weighted by Crippen LogP contribution is 2.30. The van der Waals surface area contributed by atoms with Gasteiger partial charge in [-0.25, -0.2) is 0 Å². The van der Waals surface area contributed by atoms with Crippen LogP contribution in [0.25, 0.3) is 0 Å². The lowest BCUT2D eigenvalue weighted by molar-refractivity contribution is -0.137. The van der Waals surface area contributed by atoms with Crippen LogP contribution in [-0.4, -0.2) is 5.11 Å². The summed E-state index contributed by atoms with van der Waals surface area (Å²) in [6.07, 6.45) is -4.37. The fraction of sp³-hybridized carbons (Fsp3) is 0.200. The van der Waals surface area contributed by atoms with Gasteiger partial charge in [-0.2, -0.15) is 13.2 Å². The largest absolute Gasteiger partial charge is 0.488 e. The molecule has 1 N–H and O–H groups in total. The maximum absolute atomic E-state index is 12.6. The molecule has 0 aliphatic rings. The summed E-state index contributed by atoms with van der Waals surface area (Å²) in [4.78, 5) is 0. The van der Waals surface area contributed by atoms with Gasteiger partial charge in [0.1, 0.15) is 12.4 Å². The van der Waals surface area contributed by atoms with Gasteiger partial charge < -0.3 is 9.84 Å². The predicted octanol–water partition coefficient (Wildman–Crippen LogP) is 4.54. The van der Waals surface area contributed by atoms with E-state index in [2.05, 4.69) is 15.9 Å². The zero-order chi connectivity index (χ0) is 15.5. The zero-order valence-electron chi connectivity index (χ0n) is 10.8. The number of hydrogen-bond acceptors (Lipinski definition) is 2. The number of ether oxygens (including phenoxy) is 1. The van der Waals surface area contributed by atoms with Crippen molar-refractivity contribution in [2.24, 2.45) is 0 Å². The van der Waals surface area contributed by atoms with Gasteiger partial charge >= 0.3 is 6.18 Å². The molecule has 6 heteroatoms. The lowest BCUT2D eigenvalue weighted by Crippen LogP contribution is -2.06. The van der Waals surface area contributed by atoms with Gasteiger partial charge in [-0.1, -0.05) is 34.1 Å². The first-order valence-electron chi connectivity index (χ1n) is 6.08. The Kier molecular flexibility index (Phi) is 4.90. The molecule has 21 heavy (non-hydrogen) atoms. The van der Waals surface area contributed by atoms with Crippen LogP contribution in [0.4, 0.5) is 13.2 Å². The van der Waals surface area contributed by atoms with Gasteiger partial charge in [0.2, 0.25) is 0 Å². The molecule has 2 aromatic carbocycles. The molecule has 2 nitrogen and oxygen atoms in total. The van der Waals surface area contributed by atoms with Gasteiger partial charge in [0.25, 0.3) is 0 Å². The zero-order valence-corrected chi connectivity index (χ0v) is 12.4.